The van der Waals surface area contributed by atoms with Gasteiger partial charge in [-0.2, -0.15) is 0 Å². The van der Waals surface area contributed by atoms with Gasteiger partial charge in [0, 0.05) is 5.54 Å². The largest absolute Gasteiger partial charge is 0.335 e. The topological polar surface area (TPSA) is 12.0 Å². The van der Waals surface area contributed by atoms with Crippen molar-refractivity contribution in [2.24, 2.45) is 0 Å². The van der Waals surface area contributed by atoms with Crippen LogP contribution in [0.5, 0.6) is 0 Å². The second-order valence-corrected chi connectivity index (χ2v) is 11.6. The molecule has 1 aromatic carbocycles. The highest BCUT2D eigenvalue weighted by molar-refractivity contribution is 6.77. The smallest absolute Gasteiger partial charge is 0.131 e. The van der Waals surface area contributed by atoms with Crippen LogP contribution >= 0.6 is 0 Å². The number of aryl methyl sites for hydroxylation is 2. The summed E-state index contributed by atoms with van der Waals surface area (Å²) in [6.07, 6.45) is 0. The van der Waals surface area contributed by atoms with Crippen molar-refractivity contribution in [3.05, 3.63) is 40.0 Å². The molecule has 1 aliphatic rings. The van der Waals surface area contributed by atoms with Gasteiger partial charge in [-0.25, -0.2) is 0 Å². The van der Waals surface area contributed by atoms with E-state index in [1.807, 2.05) is 0 Å². The Morgan fingerprint density at radius 1 is 1.05 bits per heavy atom. The molecule has 1 aromatic rings. The number of rotatable bonds is 3. The van der Waals surface area contributed by atoms with Gasteiger partial charge < -0.3 is 4.98 Å². The first-order valence-electron chi connectivity index (χ1n) is 7.71. The standard InChI is InChI=1S/C18H29NSi/c1-11(2)19-20(7,8)18-15(6)14(5)17-13(4)9-12(3)10-16(17)18/h9-11,18-19H,1-8H3. The number of hydrogen-bond donors (Lipinski definition) is 1. The number of fused-ring (bicyclic) bond motifs is 1. The minimum atomic E-state index is -1.54. The van der Waals surface area contributed by atoms with Gasteiger partial charge in [0.15, 0.2) is 0 Å². The molecule has 0 fully saturated rings. The van der Waals surface area contributed by atoms with E-state index in [9.17, 15) is 0 Å². The van der Waals surface area contributed by atoms with E-state index in [1.54, 1.807) is 11.1 Å². The summed E-state index contributed by atoms with van der Waals surface area (Å²) in [5, 5.41) is 0. The molecule has 0 spiro atoms. The van der Waals surface area contributed by atoms with Crippen molar-refractivity contribution in [3.8, 4) is 0 Å². The molecule has 0 bridgehead atoms. The monoisotopic (exact) mass is 287 g/mol. The van der Waals surface area contributed by atoms with E-state index in [0.29, 0.717) is 11.6 Å². The minimum absolute atomic E-state index is 0.555. The summed E-state index contributed by atoms with van der Waals surface area (Å²) < 4.78 is 0. The Kier molecular flexibility index (Phi) is 4.00. The first-order chi connectivity index (χ1) is 9.15. The summed E-state index contributed by atoms with van der Waals surface area (Å²) in [6.45, 7) is 18.6. The van der Waals surface area contributed by atoms with E-state index >= 15 is 0 Å². The van der Waals surface area contributed by atoms with Crippen LogP contribution in [0.2, 0.25) is 13.1 Å². The van der Waals surface area contributed by atoms with Crippen molar-refractivity contribution in [2.75, 3.05) is 0 Å². The van der Waals surface area contributed by atoms with Gasteiger partial charge in [0.05, 0.1) is 0 Å². The molecular weight excluding hydrogens is 258 g/mol. The van der Waals surface area contributed by atoms with Crippen LogP contribution in [-0.4, -0.2) is 14.3 Å². The van der Waals surface area contributed by atoms with Gasteiger partial charge in [-0.3, -0.25) is 0 Å². The van der Waals surface area contributed by atoms with E-state index in [4.69, 9.17) is 0 Å². The SMILES string of the molecule is CC1=C(C)C([Si](C)(C)NC(C)C)c2cc(C)cc(C)c21. The highest BCUT2D eigenvalue weighted by atomic mass is 28.3. The van der Waals surface area contributed by atoms with Crippen molar-refractivity contribution in [1.29, 1.82) is 0 Å². The number of nitrogens with one attached hydrogen (secondary N) is 1. The van der Waals surface area contributed by atoms with E-state index < -0.39 is 8.24 Å². The second-order valence-electron chi connectivity index (χ2n) is 7.31. The summed E-state index contributed by atoms with van der Waals surface area (Å²) in [7, 11) is -1.54. The molecule has 110 valence electrons. The average Bonchev–Trinajstić information content (AvgIpc) is 2.49. The molecule has 0 saturated heterocycles. The fourth-order valence-corrected chi connectivity index (χ4v) is 8.10. The highest BCUT2D eigenvalue weighted by Gasteiger charge is 2.40. The first kappa shape index (κ1) is 15.5. The fourth-order valence-electron chi connectivity index (χ4n) is 4.14. The molecule has 2 rings (SSSR count). The van der Waals surface area contributed by atoms with Crippen LogP contribution in [0.3, 0.4) is 0 Å². The maximum absolute atomic E-state index is 3.90. The van der Waals surface area contributed by atoms with Gasteiger partial charge in [0.2, 0.25) is 0 Å². The molecule has 1 unspecified atom stereocenters. The molecule has 0 radical (unpaired) electrons. The summed E-state index contributed by atoms with van der Waals surface area (Å²) in [5.74, 6) is 0. The minimum Gasteiger partial charge on any atom is -0.335 e. The Hall–Kier alpha value is -0.863. The quantitative estimate of drug-likeness (QED) is 0.777. The van der Waals surface area contributed by atoms with Crippen LogP contribution in [0.15, 0.2) is 17.7 Å². The first-order valence-corrected chi connectivity index (χ1v) is 10.8. The predicted octanol–water partition coefficient (Wildman–Crippen LogP) is 4.94. The van der Waals surface area contributed by atoms with Crippen molar-refractivity contribution in [3.63, 3.8) is 0 Å². The maximum atomic E-state index is 3.90. The third-order valence-electron chi connectivity index (χ3n) is 4.60. The third kappa shape index (κ3) is 2.51. The zero-order valence-electron chi connectivity index (χ0n) is 14.3. The molecule has 0 amide bonds. The van der Waals surface area contributed by atoms with Crippen LogP contribution in [0.25, 0.3) is 5.57 Å². The van der Waals surface area contributed by atoms with Gasteiger partial charge in [-0.1, -0.05) is 50.2 Å². The lowest BCUT2D eigenvalue weighted by molar-refractivity contribution is 0.719. The zero-order chi connectivity index (χ0) is 15.2. The van der Waals surface area contributed by atoms with Crippen LogP contribution in [0, 0.1) is 13.8 Å². The van der Waals surface area contributed by atoms with E-state index in [1.165, 1.54) is 22.3 Å². The lowest BCUT2D eigenvalue weighted by Gasteiger charge is -2.34. The number of hydrogen-bond acceptors (Lipinski definition) is 1. The van der Waals surface area contributed by atoms with Gasteiger partial charge >= 0.3 is 0 Å². The second kappa shape index (κ2) is 5.16. The van der Waals surface area contributed by atoms with Crippen LogP contribution in [0.4, 0.5) is 0 Å². The van der Waals surface area contributed by atoms with E-state index in [2.05, 4.69) is 71.8 Å². The van der Waals surface area contributed by atoms with Gasteiger partial charge in [-0.15, -0.1) is 0 Å². The molecule has 0 aromatic heterocycles. The van der Waals surface area contributed by atoms with Crippen molar-refractivity contribution in [2.45, 2.75) is 66.2 Å². The van der Waals surface area contributed by atoms with Crippen molar-refractivity contribution in [1.82, 2.24) is 4.98 Å². The lowest BCUT2D eigenvalue weighted by Crippen LogP contribution is -2.53. The van der Waals surface area contributed by atoms with Gasteiger partial charge in [0.25, 0.3) is 0 Å². The maximum Gasteiger partial charge on any atom is 0.131 e. The van der Waals surface area contributed by atoms with Gasteiger partial charge in [0.1, 0.15) is 8.24 Å². The molecule has 1 atom stereocenters. The average molecular weight is 288 g/mol. The Balaban J connectivity index is 2.59. The molecule has 1 N–H and O–H groups in total. The molecule has 0 aliphatic heterocycles. The molecule has 0 saturated carbocycles. The van der Waals surface area contributed by atoms with Crippen molar-refractivity contribution >= 4 is 13.8 Å². The Bertz CT molecular complexity index is 567. The summed E-state index contributed by atoms with van der Waals surface area (Å²) in [4.78, 5) is 3.90. The molecule has 20 heavy (non-hydrogen) atoms. The van der Waals surface area contributed by atoms with Crippen LogP contribution in [-0.2, 0) is 0 Å². The molecule has 2 heteroatoms. The van der Waals surface area contributed by atoms with Crippen LogP contribution in [0.1, 0.15) is 55.5 Å². The Morgan fingerprint density at radius 2 is 1.65 bits per heavy atom. The Morgan fingerprint density at radius 3 is 2.20 bits per heavy atom. The molecular formula is C18H29NSi. The fraction of sp³-hybridized carbons (Fsp3) is 0.556. The predicted molar refractivity (Wildman–Crippen MR) is 92.7 cm³/mol. The highest BCUT2D eigenvalue weighted by Crippen LogP contribution is 2.47. The lowest BCUT2D eigenvalue weighted by atomic mass is 9.98. The Labute approximate surface area is 125 Å². The van der Waals surface area contributed by atoms with E-state index in [-0.39, 0.29) is 0 Å². The normalized spacial score (nSPS) is 18.9. The summed E-state index contributed by atoms with van der Waals surface area (Å²) in [5.41, 5.74) is 9.62. The third-order valence-corrected chi connectivity index (χ3v) is 8.11. The van der Waals surface area contributed by atoms with Crippen molar-refractivity contribution < 1.29 is 0 Å². The number of allylic oxidation sites excluding steroid dienone is 2. The molecule has 1 nitrogen and oxygen atoms in total. The molecule has 0 heterocycles. The summed E-state index contributed by atoms with van der Waals surface area (Å²) in [6, 6.07) is 5.30. The summed E-state index contributed by atoms with van der Waals surface area (Å²) >= 11 is 0. The number of benzene rings is 1. The van der Waals surface area contributed by atoms with Gasteiger partial charge in [-0.05, 0) is 56.0 Å². The zero-order valence-corrected chi connectivity index (χ0v) is 15.3. The van der Waals surface area contributed by atoms with Crippen LogP contribution < -0.4 is 4.98 Å². The molecule has 1 aliphatic carbocycles. The van der Waals surface area contributed by atoms with E-state index in [0.717, 1.165) is 0 Å².